The van der Waals surface area contributed by atoms with Crippen LogP contribution >= 0.6 is 0 Å². The molecular weight excluding hydrogens is 236 g/mol. The van der Waals surface area contributed by atoms with Crippen LogP contribution in [-0.4, -0.2) is 27.3 Å². The van der Waals surface area contributed by atoms with Gasteiger partial charge in [-0.1, -0.05) is 0 Å². The van der Waals surface area contributed by atoms with E-state index in [0.29, 0.717) is 18.2 Å². The second kappa shape index (κ2) is 4.25. The number of methoxy groups -OCH3 is 1. The van der Waals surface area contributed by atoms with Crippen molar-refractivity contribution in [2.75, 3.05) is 7.11 Å². The molecule has 1 aliphatic rings. The van der Waals surface area contributed by atoms with Gasteiger partial charge in [-0.05, 0) is 18.1 Å². The van der Waals surface area contributed by atoms with Gasteiger partial charge in [0.2, 0.25) is 11.2 Å². The molecule has 0 aromatic carbocycles. The van der Waals surface area contributed by atoms with Gasteiger partial charge in [-0.3, -0.25) is 4.79 Å². The van der Waals surface area contributed by atoms with E-state index in [1.807, 2.05) is 0 Å². The summed E-state index contributed by atoms with van der Waals surface area (Å²) in [7, 11) is 1.42. The highest BCUT2D eigenvalue weighted by molar-refractivity contribution is 5.17. The average Bonchev–Trinajstić information content (AvgIpc) is 3.11. The van der Waals surface area contributed by atoms with Gasteiger partial charge in [-0.2, -0.15) is 4.80 Å². The molecule has 0 unspecified atom stereocenters. The lowest BCUT2D eigenvalue weighted by Crippen LogP contribution is -2.09. The van der Waals surface area contributed by atoms with E-state index in [0.717, 1.165) is 18.7 Å². The Balaban J connectivity index is 1.78. The zero-order valence-electron chi connectivity index (χ0n) is 9.87. The van der Waals surface area contributed by atoms with E-state index >= 15 is 0 Å². The van der Waals surface area contributed by atoms with Crippen LogP contribution in [-0.2, 0) is 6.54 Å². The van der Waals surface area contributed by atoms with Crippen molar-refractivity contribution in [3.63, 3.8) is 0 Å². The molecule has 18 heavy (non-hydrogen) atoms. The van der Waals surface area contributed by atoms with E-state index in [-0.39, 0.29) is 11.2 Å². The third kappa shape index (κ3) is 2.11. The number of tetrazole rings is 1. The lowest BCUT2D eigenvalue weighted by Gasteiger charge is -2.00. The maximum Gasteiger partial charge on any atom is 0.227 e. The Morgan fingerprint density at radius 3 is 3.06 bits per heavy atom. The monoisotopic (exact) mass is 248 g/mol. The van der Waals surface area contributed by atoms with Crippen molar-refractivity contribution in [2.24, 2.45) is 0 Å². The first-order valence-corrected chi connectivity index (χ1v) is 5.69. The van der Waals surface area contributed by atoms with Crippen molar-refractivity contribution in [1.82, 2.24) is 20.2 Å². The van der Waals surface area contributed by atoms with Crippen LogP contribution < -0.4 is 10.2 Å². The quantitative estimate of drug-likeness (QED) is 0.786. The maximum atomic E-state index is 11.5. The first-order chi connectivity index (χ1) is 8.76. The zero-order chi connectivity index (χ0) is 12.5. The first-order valence-electron chi connectivity index (χ1n) is 5.69. The van der Waals surface area contributed by atoms with Crippen LogP contribution in [0, 0.1) is 0 Å². The largest absolute Gasteiger partial charge is 0.490 e. The topological polar surface area (TPSA) is 83.0 Å². The Morgan fingerprint density at radius 2 is 2.39 bits per heavy atom. The van der Waals surface area contributed by atoms with E-state index in [9.17, 15) is 4.79 Å². The van der Waals surface area contributed by atoms with Crippen LogP contribution in [0.2, 0.25) is 0 Å². The third-order valence-electron chi connectivity index (χ3n) is 2.78. The Hall–Kier alpha value is -2.18. The minimum atomic E-state index is -0.221. The smallest absolute Gasteiger partial charge is 0.227 e. The number of nitrogens with zero attached hydrogens (tertiary/aromatic N) is 4. The summed E-state index contributed by atoms with van der Waals surface area (Å²) in [5.74, 6) is 1.89. The second-order valence-electron chi connectivity index (χ2n) is 4.23. The lowest BCUT2D eigenvalue weighted by atomic mass is 10.4. The van der Waals surface area contributed by atoms with E-state index in [2.05, 4.69) is 15.4 Å². The molecule has 3 rings (SSSR count). The van der Waals surface area contributed by atoms with Crippen molar-refractivity contribution in [1.29, 1.82) is 0 Å². The number of aromatic nitrogens is 4. The number of hydrogen-bond acceptors (Lipinski definition) is 6. The highest BCUT2D eigenvalue weighted by Crippen LogP contribution is 2.37. The minimum Gasteiger partial charge on any atom is -0.490 e. The fraction of sp³-hybridized carbons (Fsp3) is 0.455. The predicted molar refractivity (Wildman–Crippen MR) is 60.4 cm³/mol. The molecule has 0 amide bonds. The molecule has 1 saturated carbocycles. The van der Waals surface area contributed by atoms with Crippen LogP contribution in [0.4, 0.5) is 0 Å². The molecule has 2 aromatic heterocycles. The summed E-state index contributed by atoms with van der Waals surface area (Å²) in [5.41, 5.74) is -0.221. The van der Waals surface area contributed by atoms with Gasteiger partial charge in [-0.25, -0.2) is 0 Å². The van der Waals surface area contributed by atoms with Gasteiger partial charge >= 0.3 is 0 Å². The molecule has 94 valence electrons. The van der Waals surface area contributed by atoms with Crippen LogP contribution in [0.3, 0.4) is 0 Å². The SMILES string of the molecule is COc1coc(Cn2nnc(C3CC3)n2)cc1=O. The molecule has 0 atom stereocenters. The van der Waals surface area contributed by atoms with E-state index in [1.165, 1.54) is 24.2 Å². The van der Waals surface area contributed by atoms with Crippen molar-refractivity contribution < 1.29 is 9.15 Å². The maximum absolute atomic E-state index is 11.5. The molecule has 7 nitrogen and oxygen atoms in total. The van der Waals surface area contributed by atoms with E-state index in [4.69, 9.17) is 9.15 Å². The molecule has 2 heterocycles. The van der Waals surface area contributed by atoms with Gasteiger partial charge in [0, 0.05) is 12.0 Å². The highest BCUT2D eigenvalue weighted by Gasteiger charge is 2.28. The fourth-order valence-corrected chi connectivity index (χ4v) is 1.64. The Bertz CT molecular complexity index is 615. The summed E-state index contributed by atoms with van der Waals surface area (Å²) in [6, 6.07) is 1.37. The summed E-state index contributed by atoms with van der Waals surface area (Å²) in [6.45, 7) is 0.291. The van der Waals surface area contributed by atoms with Crippen LogP contribution in [0.15, 0.2) is 21.5 Å². The normalized spacial score (nSPS) is 14.7. The third-order valence-corrected chi connectivity index (χ3v) is 2.78. The van der Waals surface area contributed by atoms with Gasteiger partial charge in [-0.15, -0.1) is 10.2 Å². The van der Waals surface area contributed by atoms with Crippen molar-refractivity contribution in [2.45, 2.75) is 25.3 Å². The highest BCUT2D eigenvalue weighted by atomic mass is 16.5. The number of hydrogen-bond donors (Lipinski definition) is 0. The standard InChI is InChI=1S/C11H12N4O3/c1-17-10-6-18-8(4-9(10)16)5-15-13-11(12-14-15)7-2-3-7/h4,6-7H,2-3,5H2,1H3. The van der Waals surface area contributed by atoms with E-state index in [1.54, 1.807) is 0 Å². The van der Waals surface area contributed by atoms with E-state index < -0.39 is 0 Å². The first kappa shape index (κ1) is 10.9. The van der Waals surface area contributed by atoms with Crippen molar-refractivity contribution in [3.8, 4) is 5.75 Å². The van der Waals surface area contributed by atoms with Gasteiger partial charge < -0.3 is 9.15 Å². The van der Waals surface area contributed by atoms with Crippen LogP contribution in [0.1, 0.15) is 30.3 Å². The number of ether oxygens (including phenoxy) is 1. The molecule has 7 heteroatoms. The Kier molecular flexibility index (Phi) is 2.58. The Labute approximate surface area is 102 Å². The number of rotatable bonds is 4. The van der Waals surface area contributed by atoms with Gasteiger partial charge in [0.25, 0.3) is 0 Å². The van der Waals surface area contributed by atoms with Crippen molar-refractivity contribution in [3.05, 3.63) is 34.1 Å². The molecule has 1 aliphatic carbocycles. The van der Waals surface area contributed by atoms with Gasteiger partial charge in [0.05, 0.1) is 7.11 Å². The molecule has 0 spiro atoms. The minimum absolute atomic E-state index is 0.184. The fourth-order valence-electron chi connectivity index (χ4n) is 1.64. The molecule has 0 aliphatic heterocycles. The molecular formula is C11H12N4O3. The molecule has 1 fully saturated rings. The van der Waals surface area contributed by atoms with Crippen LogP contribution in [0.5, 0.6) is 5.75 Å². The second-order valence-corrected chi connectivity index (χ2v) is 4.23. The molecule has 0 saturated heterocycles. The summed E-state index contributed by atoms with van der Waals surface area (Å²) in [6.07, 6.45) is 3.54. The molecule has 2 aromatic rings. The summed E-state index contributed by atoms with van der Waals surface area (Å²) < 4.78 is 10.1. The van der Waals surface area contributed by atoms with Gasteiger partial charge in [0.15, 0.2) is 5.82 Å². The zero-order valence-corrected chi connectivity index (χ0v) is 9.87. The molecule has 0 bridgehead atoms. The van der Waals surface area contributed by atoms with Crippen molar-refractivity contribution >= 4 is 0 Å². The Morgan fingerprint density at radius 1 is 1.56 bits per heavy atom. The van der Waals surface area contributed by atoms with Crippen LogP contribution in [0.25, 0.3) is 0 Å². The summed E-state index contributed by atoms with van der Waals surface area (Å²) >= 11 is 0. The molecule has 0 radical (unpaired) electrons. The average molecular weight is 248 g/mol. The summed E-state index contributed by atoms with van der Waals surface area (Å²) in [5, 5.41) is 12.1. The van der Waals surface area contributed by atoms with Gasteiger partial charge in [0.1, 0.15) is 18.6 Å². The molecule has 0 N–H and O–H groups in total. The summed E-state index contributed by atoms with van der Waals surface area (Å²) in [4.78, 5) is 13.0. The predicted octanol–water partition coefficient (Wildman–Crippen LogP) is 0.561. The lowest BCUT2D eigenvalue weighted by molar-refractivity contribution is 0.370.